The van der Waals surface area contributed by atoms with Crippen molar-refractivity contribution in [2.75, 3.05) is 0 Å². The fraction of sp³-hybridized carbons (Fsp3) is 0.412. The second-order valence-electron chi connectivity index (χ2n) is 5.83. The lowest BCUT2D eigenvalue weighted by atomic mass is 10.1. The molecular formula is C17H20N4O. The summed E-state index contributed by atoms with van der Waals surface area (Å²) in [6.07, 6.45) is 4.67. The molecule has 0 aliphatic carbocycles. The average Bonchev–Trinajstić information content (AvgIpc) is 3.16. The first-order chi connectivity index (χ1) is 10.8. The van der Waals surface area contributed by atoms with Crippen molar-refractivity contribution in [3.8, 4) is 0 Å². The molecule has 4 rings (SSSR count). The highest BCUT2D eigenvalue weighted by Crippen LogP contribution is 2.26. The smallest absolute Gasteiger partial charge is 0.138 e. The van der Waals surface area contributed by atoms with Gasteiger partial charge in [-0.2, -0.15) is 5.10 Å². The molecule has 1 atom stereocenters. The van der Waals surface area contributed by atoms with Crippen LogP contribution in [0.15, 0.2) is 35.0 Å². The van der Waals surface area contributed by atoms with Crippen molar-refractivity contribution in [1.82, 2.24) is 20.1 Å². The molecule has 0 radical (unpaired) electrons. The van der Waals surface area contributed by atoms with Crippen LogP contribution in [0.2, 0.25) is 0 Å². The highest BCUT2D eigenvalue weighted by molar-refractivity contribution is 5.82. The Bertz CT molecular complexity index is 789. The van der Waals surface area contributed by atoms with Crippen LogP contribution in [0.25, 0.3) is 11.0 Å². The van der Waals surface area contributed by atoms with Crippen molar-refractivity contribution in [2.45, 2.75) is 45.3 Å². The van der Waals surface area contributed by atoms with Gasteiger partial charge in [0.2, 0.25) is 0 Å². The summed E-state index contributed by atoms with van der Waals surface area (Å²) in [4.78, 5) is 4.28. The Balaban J connectivity index is 1.52. The third-order valence-electron chi connectivity index (χ3n) is 4.48. The van der Waals surface area contributed by atoms with Crippen molar-refractivity contribution in [1.29, 1.82) is 0 Å². The molecule has 0 unspecified atom stereocenters. The Hall–Kier alpha value is -2.14. The Labute approximate surface area is 129 Å². The Morgan fingerprint density at radius 3 is 3.18 bits per heavy atom. The average molecular weight is 296 g/mol. The van der Waals surface area contributed by atoms with Gasteiger partial charge in [-0.05, 0) is 12.5 Å². The van der Waals surface area contributed by atoms with E-state index >= 15 is 0 Å². The Morgan fingerprint density at radius 2 is 2.27 bits per heavy atom. The molecule has 3 heterocycles. The van der Waals surface area contributed by atoms with Crippen molar-refractivity contribution < 1.29 is 4.42 Å². The summed E-state index contributed by atoms with van der Waals surface area (Å²) in [5.74, 6) is 2.19. The van der Waals surface area contributed by atoms with Crippen LogP contribution in [0.4, 0.5) is 0 Å². The summed E-state index contributed by atoms with van der Waals surface area (Å²) in [7, 11) is 0. The Kier molecular flexibility index (Phi) is 3.42. The number of hydrogen-bond acceptors (Lipinski definition) is 4. The van der Waals surface area contributed by atoms with Crippen molar-refractivity contribution in [2.24, 2.45) is 0 Å². The van der Waals surface area contributed by atoms with E-state index < -0.39 is 0 Å². The number of nitrogens with zero attached hydrogens (tertiary/aromatic N) is 3. The molecule has 0 fully saturated rings. The molecule has 114 valence electrons. The summed E-state index contributed by atoms with van der Waals surface area (Å²) >= 11 is 0. The lowest BCUT2D eigenvalue weighted by molar-refractivity contribution is 0.357. The first-order valence-corrected chi connectivity index (χ1v) is 7.94. The molecule has 1 aromatic carbocycles. The second-order valence-corrected chi connectivity index (χ2v) is 5.83. The number of aryl methyl sites for hydroxylation is 2. The van der Waals surface area contributed by atoms with Crippen molar-refractivity contribution in [3.05, 3.63) is 47.7 Å². The van der Waals surface area contributed by atoms with Crippen LogP contribution in [0.3, 0.4) is 0 Å². The number of benzene rings is 1. The fourth-order valence-corrected chi connectivity index (χ4v) is 3.28. The van der Waals surface area contributed by atoms with Gasteiger partial charge in [0.25, 0.3) is 0 Å². The molecule has 0 saturated carbocycles. The number of nitrogens with one attached hydrogen (secondary N) is 1. The molecule has 1 aliphatic rings. The number of para-hydroxylation sites is 1. The van der Waals surface area contributed by atoms with Crippen LogP contribution >= 0.6 is 0 Å². The Morgan fingerprint density at radius 1 is 1.36 bits per heavy atom. The van der Waals surface area contributed by atoms with E-state index in [4.69, 9.17) is 4.42 Å². The van der Waals surface area contributed by atoms with E-state index in [2.05, 4.69) is 34.5 Å². The van der Waals surface area contributed by atoms with Crippen LogP contribution in [0.1, 0.15) is 30.5 Å². The van der Waals surface area contributed by atoms with E-state index in [1.165, 1.54) is 10.9 Å². The lowest BCUT2D eigenvalue weighted by Gasteiger charge is -2.23. The lowest BCUT2D eigenvalue weighted by Crippen LogP contribution is -2.37. The largest absolute Gasteiger partial charge is 0.461 e. The van der Waals surface area contributed by atoms with Crippen LogP contribution in [0.5, 0.6) is 0 Å². The molecule has 0 spiro atoms. The van der Waals surface area contributed by atoms with Crippen molar-refractivity contribution in [3.63, 3.8) is 0 Å². The van der Waals surface area contributed by atoms with Gasteiger partial charge < -0.3 is 9.73 Å². The van der Waals surface area contributed by atoms with E-state index in [-0.39, 0.29) is 0 Å². The van der Waals surface area contributed by atoms with Gasteiger partial charge in [0.05, 0.1) is 6.54 Å². The third kappa shape index (κ3) is 2.31. The van der Waals surface area contributed by atoms with E-state index in [9.17, 15) is 0 Å². The molecule has 5 heteroatoms. The predicted molar refractivity (Wildman–Crippen MR) is 84.6 cm³/mol. The number of fused-ring (bicyclic) bond motifs is 2. The normalized spacial score (nSPS) is 17.8. The first kappa shape index (κ1) is 13.5. The summed E-state index contributed by atoms with van der Waals surface area (Å²) in [5.41, 5.74) is 2.28. The maximum absolute atomic E-state index is 5.96. The molecule has 0 bridgehead atoms. The maximum atomic E-state index is 5.96. The minimum Gasteiger partial charge on any atom is -0.461 e. The standard InChI is InChI=1S/C17H20N4O/c1-2-15-14(13-5-3-4-6-16(13)22-15)9-18-12-7-8-17-19-11-20-21(17)10-12/h3-6,11-12,18H,2,7-10H2,1H3/t12-/m0/s1. The molecular weight excluding hydrogens is 276 g/mol. The molecule has 2 aromatic heterocycles. The summed E-state index contributed by atoms with van der Waals surface area (Å²) in [5, 5.41) is 9.18. The van der Waals surface area contributed by atoms with Crippen LogP contribution in [-0.2, 0) is 25.9 Å². The molecule has 1 aliphatic heterocycles. The van der Waals surface area contributed by atoms with E-state index in [0.717, 1.165) is 49.5 Å². The fourth-order valence-electron chi connectivity index (χ4n) is 3.28. The van der Waals surface area contributed by atoms with Gasteiger partial charge in [-0.15, -0.1) is 0 Å². The molecule has 0 amide bonds. The zero-order valence-electron chi connectivity index (χ0n) is 12.7. The molecule has 0 saturated heterocycles. The highest BCUT2D eigenvalue weighted by Gasteiger charge is 2.20. The van der Waals surface area contributed by atoms with Gasteiger partial charge in [0, 0.05) is 36.4 Å². The van der Waals surface area contributed by atoms with Crippen LogP contribution in [0, 0.1) is 0 Å². The third-order valence-corrected chi connectivity index (χ3v) is 4.48. The number of rotatable bonds is 4. The summed E-state index contributed by atoms with van der Waals surface area (Å²) < 4.78 is 7.97. The van der Waals surface area contributed by atoms with Gasteiger partial charge in [-0.1, -0.05) is 25.1 Å². The minimum atomic E-state index is 0.438. The van der Waals surface area contributed by atoms with Crippen LogP contribution in [-0.4, -0.2) is 20.8 Å². The monoisotopic (exact) mass is 296 g/mol. The molecule has 1 N–H and O–H groups in total. The van der Waals surface area contributed by atoms with E-state index in [1.807, 2.05) is 16.8 Å². The maximum Gasteiger partial charge on any atom is 0.138 e. The zero-order chi connectivity index (χ0) is 14.9. The highest BCUT2D eigenvalue weighted by atomic mass is 16.3. The number of furan rings is 1. The quantitative estimate of drug-likeness (QED) is 0.804. The molecule has 22 heavy (non-hydrogen) atoms. The number of hydrogen-bond donors (Lipinski definition) is 1. The van der Waals surface area contributed by atoms with Gasteiger partial charge in [-0.25, -0.2) is 9.67 Å². The van der Waals surface area contributed by atoms with Gasteiger partial charge in [0.15, 0.2) is 0 Å². The van der Waals surface area contributed by atoms with Gasteiger partial charge in [0.1, 0.15) is 23.5 Å². The van der Waals surface area contributed by atoms with Crippen molar-refractivity contribution >= 4 is 11.0 Å². The molecule has 5 nitrogen and oxygen atoms in total. The minimum absolute atomic E-state index is 0.438. The number of aromatic nitrogens is 3. The zero-order valence-corrected chi connectivity index (χ0v) is 12.7. The van der Waals surface area contributed by atoms with Crippen LogP contribution < -0.4 is 5.32 Å². The van der Waals surface area contributed by atoms with E-state index in [0.29, 0.717) is 6.04 Å². The second kappa shape index (κ2) is 5.57. The summed E-state index contributed by atoms with van der Waals surface area (Å²) in [6, 6.07) is 8.72. The van der Waals surface area contributed by atoms with Gasteiger partial charge >= 0.3 is 0 Å². The van der Waals surface area contributed by atoms with E-state index in [1.54, 1.807) is 6.33 Å². The predicted octanol–water partition coefficient (Wildman–Crippen LogP) is 2.69. The van der Waals surface area contributed by atoms with Gasteiger partial charge in [-0.3, -0.25) is 0 Å². The molecule has 3 aromatic rings. The topological polar surface area (TPSA) is 55.9 Å². The first-order valence-electron chi connectivity index (χ1n) is 7.94. The SMILES string of the molecule is CCc1oc2ccccc2c1CN[C@H]1CCc2ncnn2C1. The summed E-state index contributed by atoms with van der Waals surface area (Å²) in [6.45, 7) is 3.88.